The number of nitrogens with one attached hydrogen (secondary N) is 1. The second kappa shape index (κ2) is 9.06. The molecule has 32 heavy (non-hydrogen) atoms. The Kier molecular flexibility index (Phi) is 6.71. The predicted molar refractivity (Wildman–Crippen MR) is 126 cm³/mol. The van der Waals surface area contributed by atoms with Gasteiger partial charge in [0, 0.05) is 17.2 Å². The summed E-state index contributed by atoms with van der Waals surface area (Å²) in [7, 11) is 0. The third-order valence-electron chi connectivity index (χ3n) is 8.52. The van der Waals surface area contributed by atoms with Crippen molar-refractivity contribution in [3.63, 3.8) is 0 Å². The molecule has 4 aliphatic carbocycles. The van der Waals surface area contributed by atoms with Crippen LogP contribution in [0, 0.1) is 29.1 Å². The van der Waals surface area contributed by atoms with Gasteiger partial charge in [0.05, 0.1) is 5.92 Å². The molecular weight excluding hydrogens is 407 g/mol. The van der Waals surface area contributed by atoms with E-state index in [0.717, 1.165) is 12.3 Å². The van der Waals surface area contributed by atoms with Crippen molar-refractivity contribution >= 4 is 0 Å². The van der Waals surface area contributed by atoms with Crippen LogP contribution in [0.25, 0.3) is 0 Å². The van der Waals surface area contributed by atoms with E-state index in [-0.39, 0.29) is 24.3 Å². The first-order valence-electron chi connectivity index (χ1n) is 12.7. The summed E-state index contributed by atoms with van der Waals surface area (Å²) < 4.78 is 40.1. The van der Waals surface area contributed by atoms with Crippen LogP contribution in [0.4, 0.5) is 13.2 Å². The SMILES string of the molecule is C=C(NC1C=CC(C(C)(C)C2=CCCC(C(F)(F)F)CC2)=C(C2CCC(C)C2)C1)C1CC1. The Morgan fingerprint density at radius 3 is 2.44 bits per heavy atom. The van der Waals surface area contributed by atoms with E-state index >= 15 is 0 Å². The van der Waals surface area contributed by atoms with Crippen molar-refractivity contribution in [1.29, 1.82) is 0 Å². The summed E-state index contributed by atoms with van der Waals surface area (Å²) in [6, 6.07) is 0.284. The average molecular weight is 448 g/mol. The van der Waals surface area contributed by atoms with Crippen LogP contribution in [-0.2, 0) is 0 Å². The highest BCUT2D eigenvalue weighted by atomic mass is 19.4. The van der Waals surface area contributed by atoms with Crippen LogP contribution in [0.2, 0.25) is 0 Å². The first-order valence-corrected chi connectivity index (χ1v) is 12.7. The smallest absolute Gasteiger partial charge is 0.382 e. The molecule has 1 nitrogen and oxygen atoms in total. The molecule has 178 valence electrons. The topological polar surface area (TPSA) is 12.0 Å². The molecule has 0 aromatic rings. The largest absolute Gasteiger partial charge is 0.391 e. The molecule has 0 aliphatic heterocycles. The molecule has 0 aromatic heterocycles. The minimum atomic E-state index is -4.08. The summed E-state index contributed by atoms with van der Waals surface area (Å²) in [5, 5.41) is 3.67. The fourth-order valence-corrected chi connectivity index (χ4v) is 6.24. The second-order valence-corrected chi connectivity index (χ2v) is 11.4. The van der Waals surface area contributed by atoms with E-state index in [9.17, 15) is 13.2 Å². The molecule has 1 N–H and O–H groups in total. The van der Waals surface area contributed by atoms with Crippen LogP contribution in [0.1, 0.15) is 85.0 Å². The zero-order valence-electron chi connectivity index (χ0n) is 20.0. The lowest BCUT2D eigenvalue weighted by Gasteiger charge is -2.37. The standard InChI is InChI=1S/C28H40F3N/c1-18-8-9-21(16-18)25-17-24(32-19(2)20-10-11-20)14-15-26(25)27(3,4)22-6-5-7-23(13-12-22)28(29,30)31/h6,14-15,18,20-21,23-24,32H,2,5,7-13,16-17H2,1,3-4H3. The molecule has 2 saturated carbocycles. The van der Waals surface area contributed by atoms with Crippen LogP contribution < -0.4 is 5.32 Å². The van der Waals surface area contributed by atoms with E-state index in [1.807, 2.05) is 0 Å². The molecule has 0 spiro atoms. The van der Waals surface area contributed by atoms with Crippen molar-refractivity contribution in [3.8, 4) is 0 Å². The van der Waals surface area contributed by atoms with Crippen LogP contribution in [-0.4, -0.2) is 12.2 Å². The third-order valence-corrected chi connectivity index (χ3v) is 8.52. The lowest BCUT2D eigenvalue weighted by Crippen LogP contribution is -2.32. The van der Waals surface area contributed by atoms with Crippen LogP contribution in [0.5, 0.6) is 0 Å². The number of alkyl halides is 3. The van der Waals surface area contributed by atoms with Crippen molar-refractivity contribution in [3.05, 3.63) is 47.2 Å². The van der Waals surface area contributed by atoms with E-state index in [1.54, 1.807) is 5.57 Å². The summed E-state index contributed by atoms with van der Waals surface area (Å²) in [4.78, 5) is 0. The van der Waals surface area contributed by atoms with Crippen LogP contribution in [0.3, 0.4) is 0 Å². The summed E-state index contributed by atoms with van der Waals surface area (Å²) in [5.74, 6) is 0.815. The first kappa shape index (κ1) is 23.7. The second-order valence-electron chi connectivity index (χ2n) is 11.4. The Balaban J connectivity index is 1.57. The predicted octanol–water partition coefficient (Wildman–Crippen LogP) is 8.27. The van der Waals surface area contributed by atoms with Crippen LogP contribution in [0.15, 0.2) is 47.2 Å². The highest BCUT2D eigenvalue weighted by molar-refractivity contribution is 5.44. The molecule has 4 aliphatic rings. The molecule has 0 radical (unpaired) electrons. The van der Waals surface area contributed by atoms with Crippen molar-refractivity contribution in [1.82, 2.24) is 5.32 Å². The van der Waals surface area contributed by atoms with Gasteiger partial charge in [0.1, 0.15) is 0 Å². The first-order chi connectivity index (χ1) is 15.1. The molecule has 0 saturated heterocycles. The Hall–Kier alpha value is -1.45. The Morgan fingerprint density at radius 2 is 1.81 bits per heavy atom. The van der Waals surface area contributed by atoms with E-state index in [1.165, 1.54) is 48.9 Å². The normalized spacial score (nSPS) is 32.0. The number of allylic oxidation sites excluding steroid dienone is 5. The van der Waals surface area contributed by atoms with Crippen molar-refractivity contribution < 1.29 is 13.2 Å². The average Bonchev–Trinajstić information content (AvgIpc) is 3.52. The minimum Gasteiger partial charge on any atom is -0.382 e. The Morgan fingerprint density at radius 1 is 1.06 bits per heavy atom. The summed E-state index contributed by atoms with van der Waals surface area (Å²) in [6.45, 7) is 11.1. The molecule has 4 atom stereocenters. The summed E-state index contributed by atoms with van der Waals surface area (Å²) in [6.07, 6.45) is 11.4. The lowest BCUT2D eigenvalue weighted by molar-refractivity contribution is -0.177. The number of halogens is 3. The van der Waals surface area contributed by atoms with Crippen molar-refractivity contribution in [2.45, 2.75) is 97.2 Å². The maximum Gasteiger partial charge on any atom is 0.391 e. The Labute approximate surface area is 192 Å². The van der Waals surface area contributed by atoms with Gasteiger partial charge in [-0.1, -0.05) is 63.1 Å². The highest BCUT2D eigenvalue weighted by Gasteiger charge is 2.41. The van der Waals surface area contributed by atoms with Crippen molar-refractivity contribution in [2.75, 3.05) is 0 Å². The van der Waals surface area contributed by atoms with Crippen molar-refractivity contribution in [2.24, 2.45) is 29.1 Å². The monoisotopic (exact) mass is 447 g/mol. The highest BCUT2D eigenvalue weighted by Crippen LogP contribution is 2.49. The van der Waals surface area contributed by atoms with E-state index < -0.39 is 12.1 Å². The van der Waals surface area contributed by atoms with Gasteiger partial charge in [-0.2, -0.15) is 13.2 Å². The summed E-state index contributed by atoms with van der Waals surface area (Å²) in [5.41, 5.74) is 5.05. The maximum absolute atomic E-state index is 13.4. The molecule has 4 unspecified atom stereocenters. The molecule has 0 heterocycles. The van der Waals surface area contributed by atoms with E-state index in [0.29, 0.717) is 24.7 Å². The van der Waals surface area contributed by atoms with Crippen LogP contribution >= 0.6 is 0 Å². The molecular formula is C28H40F3N. The zero-order chi connectivity index (χ0) is 23.1. The lowest BCUT2D eigenvalue weighted by atomic mass is 9.68. The number of hydrogen-bond donors (Lipinski definition) is 1. The molecule has 0 bridgehead atoms. The number of rotatable bonds is 6. The Bertz CT molecular complexity index is 809. The van der Waals surface area contributed by atoms with E-state index in [2.05, 4.69) is 50.9 Å². The number of hydrogen-bond acceptors (Lipinski definition) is 1. The van der Waals surface area contributed by atoms with Gasteiger partial charge in [-0.05, 0) is 81.1 Å². The summed E-state index contributed by atoms with van der Waals surface area (Å²) >= 11 is 0. The zero-order valence-corrected chi connectivity index (χ0v) is 20.0. The van der Waals surface area contributed by atoms with E-state index in [4.69, 9.17) is 0 Å². The molecule has 0 amide bonds. The van der Waals surface area contributed by atoms with Gasteiger partial charge >= 0.3 is 6.18 Å². The molecule has 2 fully saturated rings. The third kappa shape index (κ3) is 5.20. The van der Waals surface area contributed by atoms with Gasteiger partial charge in [0.25, 0.3) is 0 Å². The fourth-order valence-electron chi connectivity index (χ4n) is 6.24. The minimum absolute atomic E-state index is 0.219. The van der Waals surface area contributed by atoms with Gasteiger partial charge < -0.3 is 5.32 Å². The molecule has 4 heteroatoms. The molecule has 0 aromatic carbocycles. The quantitative estimate of drug-likeness (QED) is 0.404. The fraction of sp³-hybridized carbons (Fsp3) is 0.714. The van der Waals surface area contributed by atoms with Gasteiger partial charge in [0.2, 0.25) is 0 Å². The van der Waals surface area contributed by atoms with Gasteiger partial charge in [0.15, 0.2) is 0 Å². The van der Waals surface area contributed by atoms with Gasteiger partial charge in [-0.15, -0.1) is 0 Å². The van der Waals surface area contributed by atoms with Gasteiger partial charge in [-0.3, -0.25) is 0 Å². The van der Waals surface area contributed by atoms with Gasteiger partial charge in [-0.25, -0.2) is 0 Å². The molecule has 4 rings (SSSR count). The maximum atomic E-state index is 13.4.